The first-order valence-corrected chi connectivity index (χ1v) is 11.4. The summed E-state index contributed by atoms with van der Waals surface area (Å²) >= 11 is 6.85. The van der Waals surface area contributed by atoms with Gasteiger partial charge in [0.15, 0.2) is 5.96 Å². The summed E-state index contributed by atoms with van der Waals surface area (Å²) < 4.78 is 27.6. The van der Waals surface area contributed by atoms with Crippen LogP contribution >= 0.6 is 46.9 Å². The van der Waals surface area contributed by atoms with Crippen LogP contribution < -0.4 is 10.0 Å². The number of halogens is 2. The van der Waals surface area contributed by atoms with E-state index in [9.17, 15) is 8.42 Å². The number of thiophene rings is 1. The van der Waals surface area contributed by atoms with Gasteiger partial charge in [0, 0.05) is 52.9 Å². The van der Waals surface area contributed by atoms with E-state index in [2.05, 4.69) is 38.7 Å². The first kappa shape index (κ1) is 24.9. The largest absolute Gasteiger partial charge is 0.355 e. The molecule has 1 aromatic rings. The third-order valence-electron chi connectivity index (χ3n) is 4.02. The Morgan fingerprint density at radius 2 is 1.93 bits per heavy atom. The Balaban J connectivity index is 0.00000364. The van der Waals surface area contributed by atoms with Crippen LogP contribution in [0.2, 0.25) is 4.34 Å². The second-order valence-electron chi connectivity index (χ2n) is 6.61. The van der Waals surface area contributed by atoms with E-state index in [4.69, 9.17) is 11.6 Å². The number of piperazine rings is 1. The van der Waals surface area contributed by atoms with E-state index in [0.717, 1.165) is 50.0 Å². The van der Waals surface area contributed by atoms with E-state index < -0.39 is 10.0 Å². The van der Waals surface area contributed by atoms with Crippen LogP contribution in [0.15, 0.2) is 21.3 Å². The van der Waals surface area contributed by atoms with Gasteiger partial charge in [-0.05, 0) is 18.1 Å². The van der Waals surface area contributed by atoms with Crippen molar-refractivity contribution in [3.05, 3.63) is 16.5 Å². The summed E-state index contributed by atoms with van der Waals surface area (Å²) in [6.45, 7) is 10.2. The number of hydrogen-bond acceptors (Lipinski definition) is 5. The summed E-state index contributed by atoms with van der Waals surface area (Å²) in [6, 6.07) is 3.10. The zero-order valence-corrected chi connectivity index (χ0v) is 20.7. The molecule has 0 atom stereocenters. The van der Waals surface area contributed by atoms with Gasteiger partial charge in [-0.25, -0.2) is 13.1 Å². The van der Waals surface area contributed by atoms with Crippen molar-refractivity contribution >= 4 is 62.9 Å². The molecule has 0 saturated carbocycles. The number of nitrogens with zero attached hydrogens (tertiary/aromatic N) is 3. The highest BCUT2D eigenvalue weighted by atomic mass is 127. The fourth-order valence-electron chi connectivity index (χ4n) is 2.86. The Kier molecular flexibility index (Phi) is 10.8. The van der Waals surface area contributed by atoms with Crippen molar-refractivity contribution in [2.45, 2.75) is 18.1 Å². The molecule has 0 amide bonds. The molecule has 1 aromatic heterocycles. The van der Waals surface area contributed by atoms with Gasteiger partial charge in [0.25, 0.3) is 0 Å². The maximum Gasteiger partial charge on any atom is 0.250 e. The van der Waals surface area contributed by atoms with Crippen molar-refractivity contribution < 1.29 is 8.42 Å². The quantitative estimate of drug-likeness (QED) is 0.236. The summed E-state index contributed by atoms with van der Waals surface area (Å²) in [4.78, 5) is 8.99. The molecule has 0 aliphatic carbocycles. The minimum atomic E-state index is -3.50. The molecule has 0 radical (unpaired) electrons. The van der Waals surface area contributed by atoms with Crippen LogP contribution in [0.3, 0.4) is 0 Å². The molecule has 27 heavy (non-hydrogen) atoms. The van der Waals surface area contributed by atoms with Gasteiger partial charge in [-0.2, -0.15) is 0 Å². The molecule has 7 nitrogen and oxygen atoms in total. The minimum Gasteiger partial charge on any atom is -0.355 e. The molecule has 11 heteroatoms. The summed E-state index contributed by atoms with van der Waals surface area (Å²) in [5.41, 5.74) is 0. The monoisotopic (exact) mass is 549 g/mol. The number of aliphatic imine (C=N–C) groups is 1. The first-order chi connectivity index (χ1) is 12.3. The van der Waals surface area contributed by atoms with Gasteiger partial charge in [-0.1, -0.05) is 25.4 Å². The number of sulfonamides is 1. The molecule has 1 fully saturated rings. The molecule has 0 unspecified atom stereocenters. The predicted molar refractivity (Wildman–Crippen MR) is 124 cm³/mol. The highest BCUT2D eigenvalue weighted by Gasteiger charge is 2.20. The van der Waals surface area contributed by atoms with Crippen LogP contribution in [0.5, 0.6) is 0 Å². The second-order valence-corrected chi connectivity index (χ2v) is 10.3. The maximum absolute atomic E-state index is 12.2. The molecule has 1 saturated heterocycles. The summed E-state index contributed by atoms with van der Waals surface area (Å²) in [5.74, 6) is 1.48. The van der Waals surface area contributed by atoms with Gasteiger partial charge in [-0.3, -0.25) is 9.89 Å². The van der Waals surface area contributed by atoms with E-state index in [0.29, 0.717) is 16.8 Å². The summed E-state index contributed by atoms with van der Waals surface area (Å²) in [5, 5.41) is 3.23. The van der Waals surface area contributed by atoms with Crippen LogP contribution in [0.25, 0.3) is 0 Å². The van der Waals surface area contributed by atoms with Gasteiger partial charge < -0.3 is 10.2 Å². The number of rotatable bonds is 7. The number of nitrogens with one attached hydrogen (secondary N) is 2. The third-order valence-corrected chi connectivity index (χ3v) is 7.20. The smallest absolute Gasteiger partial charge is 0.250 e. The van der Waals surface area contributed by atoms with Crippen molar-refractivity contribution in [2.24, 2.45) is 10.9 Å². The van der Waals surface area contributed by atoms with Crippen LogP contribution in [-0.4, -0.2) is 77.0 Å². The Morgan fingerprint density at radius 3 is 2.44 bits per heavy atom. The van der Waals surface area contributed by atoms with Crippen molar-refractivity contribution in [3.63, 3.8) is 0 Å². The lowest BCUT2D eigenvalue weighted by atomic mass is 10.2. The van der Waals surface area contributed by atoms with Gasteiger partial charge in [0.2, 0.25) is 10.0 Å². The molecule has 2 heterocycles. The average molecular weight is 550 g/mol. The fourth-order valence-corrected chi connectivity index (χ4v) is 5.42. The summed E-state index contributed by atoms with van der Waals surface area (Å²) in [7, 11) is -1.75. The number of hydrogen-bond donors (Lipinski definition) is 2. The first-order valence-electron chi connectivity index (χ1n) is 8.75. The van der Waals surface area contributed by atoms with Crippen LogP contribution in [-0.2, 0) is 10.0 Å². The molecule has 156 valence electrons. The maximum atomic E-state index is 12.2. The van der Waals surface area contributed by atoms with Crippen molar-refractivity contribution in [2.75, 3.05) is 52.9 Å². The van der Waals surface area contributed by atoms with Crippen LogP contribution in [0, 0.1) is 5.92 Å². The fraction of sp³-hybridized carbons (Fsp3) is 0.688. The highest BCUT2D eigenvalue weighted by Crippen LogP contribution is 2.25. The van der Waals surface area contributed by atoms with E-state index in [1.807, 2.05) is 0 Å². The van der Waals surface area contributed by atoms with Crippen molar-refractivity contribution in [1.82, 2.24) is 19.8 Å². The Bertz CT molecular complexity index is 703. The van der Waals surface area contributed by atoms with Gasteiger partial charge in [-0.15, -0.1) is 35.3 Å². The lowest BCUT2D eigenvalue weighted by Crippen LogP contribution is -2.53. The predicted octanol–water partition coefficient (Wildman–Crippen LogP) is 2.15. The van der Waals surface area contributed by atoms with Gasteiger partial charge in [0.05, 0.1) is 4.34 Å². The Labute approximate surface area is 188 Å². The van der Waals surface area contributed by atoms with Gasteiger partial charge in [0.1, 0.15) is 4.21 Å². The molecule has 2 N–H and O–H groups in total. The average Bonchev–Trinajstić information content (AvgIpc) is 3.03. The number of guanidine groups is 1. The molecule has 0 spiro atoms. The van der Waals surface area contributed by atoms with E-state index in [1.54, 1.807) is 13.1 Å². The molecule has 1 aliphatic rings. The zero-order valence-electron chi connectivity index (χ0n) is 15.9. The normalized spacial score (nSPS) is 16.5. The topological polar surface area (TPSA) is 77.0 Å². The van der Waals surface area contributed by atoms with E-state index >= 15 is 0 Å². The lowest BCUT2D eigenvalue weighted by Gasteiger charge is -2.37. The standard InChI is InChI=1S/C16H28ClN5O2S2.HI/c1-13(2)12-21-8-10-22(11-9-21)16(18-3)19-6-7-20-26(23,24)15-5-4-14(17)25-15;/h4-5,13,20H,6-12H2,1-3H3,(H,18,19);1H. The minimum absolute atomic E-state index is 0. The third kappa shape index (κ3) is 8.01. The second kappa shape index (κ2) is 11.8. The molecule has 1 aliphatic heterocycles. The molecule has 0 aromatic carbocycles. The summed E-state index contributed by atoms with van der Waals surface area (Å²) in [6.07, 6.45) is 0. The Morgan fingerprint density at radius 1 is 1.26 bits per heavy atom. The SMILES string of the molecule is CN=C(NCCNS(=O)(=O)c1ccc(Cl)s1)N1CCN(CC(C)C)CC1.I. The molecular formula is C16H29ClIN5O2S2. The van der Waals surface area contributed by atoms with Crippen molar-refractivity contribution in [3.8, 4) is 0 Å². The highest BCUT2D eigenvalue weighted by molar-refractivity contribution is 14.0. The van der Waals surface area contributed by atoms with E-state index in [-0.39, 0.29) is 34.7 Å². The van der Waals surface area contributed by atoms with Crippen LogP contribution in [0.4, 0.5) is 0 Å². The zero-order chi connectivity index (χ0) is 19.2. The van der Waals surface area contributed by atoms with Crippen molar-refractivity contribution in [1.29, 1.82) is 0 Å². The molecule has 2 rings (SSSR count). The Hall–Kier alpha value is -0.140. The van der Waals surface area contributed by atoms with Crippen LogP contribution in [0.1, 0.15) is 13.8 Å². The lowest BCUT2D eigenvalue weighted by molar-refractivity contribution is 0.164. The van der Waals surface area contributed by atoms with E-state index in [1.165, 1.54) is 6.07 Å². The van der Waals surface area contributed by atoms with Gasteiger partial charge >= 0.3 is 0 Å². The molecular weight excluding hydrogens is 521 g/mol. The molecule has 0 bridgehead atoms.